The van der Waals surface area contributed by atoms with Gasteiger partial charge in [0.15, 0.2) is 5.92 Å². The molecule has 0 unspecified atom stereocenters. The SMILES string of the molecule is O=C(O)C(CNc1ccc(F)cc1)C(=O)O. The average Bonchev–Trinajstić information content (AvgIpc) is 2.20. The molecule has 0 spiro atoms. The monoisotopic (exact) mass is 227 g/mol. The van der Waals surface area contributed by atoms with Crippen LogP contribution in [-0.4, -0.2) is 28.7 Å². The lowest BCUT2D eigenvalue weighted by atomic mass is 10.1. The molecule has 6 heteroatoms. The second-order valence-corrected chi connectivity index (χ2v) is 3.12. The van der Waals surface area contributed by atoms with E-state index in [1.807, 2.05) is 0 Å². The molecule has 0 saturated carbocycles. The molecule has 0 aliphatic carbocycles. The van der Waals surface area contributed by atoms with Crippen molar-refractivity contribution in [1.82, 2.24) is 0 Å². The predicted molar refractivity (Wildman–Crippen MR) is 53.7 cm³/mol. The lowest BCUT2D eigenvalue weighted by molar-refractivity contribution is -0.153. The van der Waals surface area contributed by atoms with Crippen molar-refractivity contribution in [3.05, 3.63) is 30.1 Å². The number of aliphatic carboxylic acids is 2. The first-order valence-corrected chi connectivity index (χ1v) is 4.45. The zero-order valence-corrected chi connectivity index (χ0v) is 8.18. The fraction of sp³-hybridized carbons (Fsp3) is 0.200. The third-order valence-corrected chi connectivity index (χ3v) is 1.95. The van der Waals surface area contributed by atoms with Gasteiger partial charge in [0.25, 0.3) is 0 Å². The van der Waals surface area contributed by atoms with Crippen LogP contribution >= 0.6 is 0 Å². The molecule has 0 bridgehead atoms. The summed E-state index contributed by atoms with van der Waals surface area (Å²) in [7, 11) is 0. The van der Waals surface area contributed by atoms with Crippen LogP contribution in [0.15, 0.2) is 24.3 Å². The highest BCUT2D eigenvalue weighted by Gasteiger charge is 2.25. The summed E-state index contributed by atoms with van der Waals surface area (Å²) >= 11 is 0. The number of anilines is 1. The summed E-state index contributed by atoms with van der Waals surface area (Å²) in [5.41, 5.74) is 0.467. The van der Waals surface area contributed by atoms with E-state index in [0.717, 1.165) is 0 Å². The number of benzene rings is 1. The largest absolute Gasteiger partial charge is 0.481 e. The Bertz CT molecular complexity index is 376. The first-order chi connectivity index (χ1) is 7.50. The highest BCUT2D eigenvalue weighted by atomic mass is 19.1. The molecule has 0 aromatic heterocycles. The van der Waals surface area contributed by atoms with Crippen molar-refractivity contribution < 1.29 is 24.2 Å². The number of carbonyl (C=O) groups is 2. The van der Waals surface area contributed by atoms with Crippen molar-refractivity contribution in [3.8, 4) is 0 Å². The first-order valence-electron chi connectivity index (χ1n) is 4.45. The van der Waals surface area contributed by atoms with Crippen LogP contribution in [0.25, 0.3) is 0 Å². The van der Waals surface area contributed by atoms with Crippen molar-refractivity contribution in [2.75, 3.05) is 11.9 Å². The average molecular weight is 227 g/mol. The van der Waals surface area contributed by atoms with Crippen LogP contribution in [0.4, 0.5) is 10.1 Å². The van der Waals surface area contributed by atoms with Gasteiger partial charge >= 0.3 is 11.9 Å². The Morgan fingerprint density at radius 2 is 1.69 bits per heavy atom. The van der Waals surface area contributed by atoms with Crippen LogP contribution in [-0.2, 0) is 9.59 Å². The van der Waals surface area contributed by atoms with E-state index < -0.39 is 23.7 Å². The number of nitrogens with one attached hydrogen (secondary N) is 1. The molecule has 86 valence electrons. The summed E-state index contributed by atoms with van der Waals surface area (Å²) in [5.74, 6) is -4.77. The second-order valence-electron chi connectivity index (χ2n) is 3.12. The molecular formula is C10H10FNO4. The van der Waals surface area contributed by atoms with Gasteiger partial charge in [-0.3, -0.25) is 9.59 Å². The minimum Gasteiger partial charge on any atom is -0.481 e. The van der Waals surface area contributed by atoms with Gasteiger partial charge in [0.1, 0.15) is 5.82 Å². The molecule has 0 heterocycles. The Morgan fingerprint density at radius 3 is 2.12 bits per heavy atom. The maximum Gasteiger partial charge on any atom is 0.319 e. The van der Waals surface area contributed by atoms with E-state index in [9.17, 15) is 14.0 Å². The zero-order valence-electron chi connectivity index (χ0n) is 8.18. The summed E-state index contributed by atoms with van der Waals surface area (Å²) in [6.45, 7) is -0.254. The molecule has 0 amide bonds. The van der Waals surface area contributed by atoms with Crippen molar-refractivity contribution in [3.63, 3.8) is 0 Å². The first kappa shape index (κ1) is 12.0. The van der Waals surface area contributed by atoms with Crippen LogP contribution < -0.4 is 5.32 Å². The fourth-order valence-electron chi connectivity index (χ4n) is 1.07. The van der Waals surface area contributed by atoms with Gasteiger partial charge in [0.05, 0.1) is 0 Å². The van der Waals surface area contributed by atoms with Crippen molar-refractivity contribution in [2.24, 2.45) is 5.92 Å². The van der Waals surface area contributed by atoms with E-state index in [4.69, 9.17) is 10.2 Å². The summed E-state index contributed by atoms with van der Waals surface area (Å²) in [4.78, 5) is 21.1. The van der Waals surface area contributed by atoms with E-state index >= 15 is 0 Å². The molecule has 0 fully saturated rings. The van der Waals surface area contributed by atoms with Crippen molar-refractivity contribution in [1.29, 1.82) is 0 Å². The highest BCUT2D eigenvalue weighted by Crippen LogP contribution is 2.09. The number of hydrogen-bond donors (Lipinski definition) is 3. The topological polar surface area (TPSA) is 86.6 Å². The molecule has 5 nitrogen and oxygen atoms in total. The maximum atomic E-state index is 12.5. The number of halogens is 1. The number of carboxylic acid groups (broad SMARTS) is 2. The lowest BCUT2D eigenvalue weighted by Crippen LogP contribution is -2.30. The third-order valence-electron chi connectivity index (χ3n) is 1.95. The Kier molecular flexibility index (Phi) is 3.82. The van der Waals surface area contributed by atoms with Gasteiger partial charge in [0.2, 0.25) is 0 Å². The zero-order chi connectivity index (χ0) is 12.1. The Hall–Kier alpha value is -2.11. The predicted octanol–water partition coefficient (Wildman–Crippen LogP) is 1.02. The van der Waals surface area contributed by atoms with E-state index in [0.29, 0.717) is 5.69 Å². The van der Waals surface area contributed by atoms with Gasteiger partial charge in [-0.15, -0.1) is 0 Å². The van der Waals surface area contributed by atoms with Crippen LogP contribution in [0.5, 0.6) is 0 Å². The third kappa shape index (κ3) is 3.23. The summed E-state index contributed by atoms with van der Waals surface area (Å²) in [5, 5.41) is 19.8. The van der Waals surface area contributed by atoms with Crippen LogP contribution in [0.2, 0.25) is 0 Å². The minimum atomic E-state index is -1.52. The molecule has 0 aliphatic heterocycles. The van der Waals surface area contributed by atoms with E-state index in [1.54, 1.807) is 0 Å². The van der Waals surface area contributed by atoms with Gasteiger partial charge in [-0.05, 0) is 24.3 Å². The van der Waals surface area contributed by atoms with Gasteiger partial charge in [0, 0.05) is 12.2 Å². The van der Waals surface area contributed by atoms with Crippen molar-refractivity contribution in [2.45, 2.75) is 0 Å². The summed E-state index contributed by atoms with van der Waals surface area (Å²) < 4.78 is 12.5. The maximum absolute atomic E-state index is 12.5. The number of rotatable bonds is 5. The standard InChI is InChI=1S/C10H10FNO4/c11-6-1-3-7(4-2-6)12-5-8(9(13)14)10(15)16/h1-4,8,12H,5H2,(H,13,14)(H,15,16). The van der Waals surface area contributed by atoms with Crippen LogP contribution in [0.3, 0.4) is 0 Å². The molecule has 0 atom stereocenters. The molecular weight excluding hydrogens is 217 g/mol. The van der Waals surface area contributed by atoms with E-state index in [-0.39, 0.29) is 6.54 Å². The molecule has 1 rings (SSSR count). The Balaban J connectivity index is 2.59. The minimum absolute atomic E-state index is 0.254. The Labute approximate surface area is 90.5 Å². The normalized spacial score (nSPS) is 10.1. The summed E-state index contributed by atoms with van der Waals surface area (Å²) in [6.07, 6.45) is 0. The number of carboxylic acids is 2. The van der Waals surface area contributed by atoms with Gasteiger partial charge < -0.3 is 15.5 Å². The molecule has 0 saturated heterocycles. The molecule has 0 aliphatic rings. The van der Waals surface area contributed by atoms with Gasteiger partial charge in [-0.2, -0.15) is 0 Å². The molecule has 0 radical (unpaired) electrons. The highest BCUT2D eigenvalue weighted by molar-refractivity contribution is 5.93. The van der Waals surface area contributed by atoms with Gasteiger partial charge in [-0.1, -0.05) is 0 Å². The van der Waals surface area contributed by atoms with Crippen LogP contribution in [0.1, 0.15) is 0 Å². The van der Waals surface area contributed by atoms with E-state index in [1.165, 1.54) is 24.3 Å². The fourth-order valence-corrected chi connectivity index (χ4v) is 1.07. The molecule has 16 heavy (non-hydrogen) atoms. The number of hydrogen-bond acceptors (Lipinski definition) is 3. The van der Waals surface area contributed by atoms with Gasteiger partial charge in [-0.25, -0.2) is 4.39 Å². The quantitative estimate of drug-likeness (QED) is 0.654. The Morgan fingerprint density at radius 1 is 1.19 bits per heavy atom. The van der Waals surface area contributed by atoms with Crippen LogP contribution in [0, 0.1) is 11.7 Å². The smallest absolute Gasteiger partial charge is 0.319 e. The second kappa shape index (κ2) is 5.11. The molecule has 3 N–H and O–H groups in total. The molecule has 1 aromatic rings. The summed E-state index contributed by atoms with van der Waals surface area (Å²) in [6, 6.07) is 5.18. The van der Waals surface area contributed by atoms with E-state index in [2.05, 4.69) is 5.32 Å². The molecule has 1 aromatic carbocycles. The lowest BCUT2D eigenvalue weighted by Gasteiger charge is -2.09. The van der Waals surface area contributed by atoms with Crippen molar-refractivity contribution >= 4 is 17.6 Å².